The SMILES string of the molecule is CC[C@]1(C(=O)OC)CN(C(=O)OCc2ccccc2)CCC1=O. The van der Waals surface area contributed by atoms with E-state index in [1.54, 1.807) is 6.92 Å². The van der Waals surface area contributed by atoms with Gasteiger partial charge < -0.3 is 14.4 Å². The van der Waals surface area contributed by atoms with Crippen LogP contribution in [-0.4, -0.2) is 42.9 Å². The number of methoxy groups -OCH3 is 1. The number of hydrogen-bond acceptors (Lipinski definition) is 5. The summed E-state index contributed by atoms with van der Waals surface area (Å²) in [4.78, 5) is 37.9. The first-order valence-corrected chi connectivity index (χ1v) is 7.61. The lowest BCUT2D eigenvalue weighted by Gasteiger charge is -2.38. The average Bonchev–Trinajstić information content (AvgIpc) is 2.60. The van der Waals surface area contributed by atoms with Gasteiger partial charge in [0.1, 0.15) is 12.0 Å². The molecule has 1 aromatic rings. The molecule has 1 saturated heterocycles. The Morgan fingerprint density at radius 1 is 1.26 bits per heavy atom. The average molecular weight is 319 g/mol. The molecule has 2 rings (SSSR count). The molecule has 0 saturated carbocycles. The Hall–Kier alpha value is -2.37. The highest BCUT2D eigenvalue weighted by Gasteiger charge is 2.50. The Morgan fingerprint density at radius 3 is 2.57 bits per heavy atom. The topological polar surface area (TPSA) is 72.9 Å². The number of likely N-dealkylation sites (tertiary alicyclic amines) is 1. The summed E-state index contributed by atoms with van der Waals surface area (Å²) in [7, 11) is 1.25. The Kier molecular flexibility index (Phi) is 5.36. The Bertz CT molecular complexity index is 576. The summed E-state index contributed by atoms with van der Waals surface area (Å²) in [6, 6.07) is 9.33. The number of ether oxygens (including phenoxy) is 2. The molecule has 0 spiro atoms. The highest BCUT2D eigenvalue weighted by Crippen LogP contribution is 2.32. The van der Waals surface area contributed by atoms with E-state index in [1.807, 2.05) is 30.3 Å². The predicted molar refractivity (Wildman–Crippen MR) is 82.6 cm³/mol. The molecule has 23 heavy (non-hydrogen) atoms. The molecule has 1 aliphatic heterocycles. The first-order chi connectivity index (χ1) is 11.0. The number of amides is 1. The summed E-state index contributed by atoms with van der Waals surface area (Å²) >= 11 is 0. The number of carbonyl (C=O) groups is 3. The Labute approximate surface area is 135 Å². The van der Waals surface area contributed by atoms with Gasteiger partial charge in [-0.1, -0.05) is 37.3 Å². The van der Waals surface area contributed by atoms with Crippen LogP contribution in [0.15, 0.2) is 30.3 Å². The molecule has 1 heterocycles. The summed E-state index contributed by atoms with van der Waals surface area (Å²) in [6.07, 6.45) is -0.104. The molecular weight excluding hydrogens is 298 g/mol. The monoisotopic (exact) mass is 319 g/mol. The number of rotatable bonds is 4. The van der Waals surface area contributed by atoms with E-state index in [1.165, 1.54) is 12.0 Å². The highest BCUT2D eigenvalue weighted by molar-refractivity contribution is 6.05. The molecule has 0 aliphatic carbocycles. The highest BCUT2D eigenvalue weighted by atomic mass is 16.6. The summed E-state index contributed by atoms with van der Waals surface area (Å²) in [5.41, 5.74) is -0.401. The molecule has 1 amide bonds. The third-order valence-electron chi connectivity index (χ3n) is 4.25. The van der Waals surface area contributed by atoms with Gasteiger partial charge in [0, 0.05) is 19.5 Å². The van der Waals surface area contributed by atoms with Gasteiger partial charge >= 0.3 is 12.1 Å². The van der Waals surface area contributed by atoms with Gasteiger partial charge in [0.15, 0.2) is 5.78 Å². The van der Waals surface area contributed by atoms with Crippen molar-refractivity contribution in [1.82, 2.24) is 4.90 Å². The van der Waals surface area contributed by atoms with Gasteiger partial charge in [-0.25, -0.2) is 4.79 Å². The van der Waals surface area contributed by atoms with Gasteiger partial charge in [-0.05, 0) is 12.0 Å². The zero-order chi connectivity index (χ0) is 16.9. The maximum absolute atomic E-state index is 12.2. The van der Waals surface area contributed by atoms with Crippen LogP contribution in [0.25, 0.3) is 0 Å². The maximum Gasteiger partial charge on any atom is 0.410 e. The lowest BCUT2D eigenvalue weighted by atomic mass is 9.76. The van der Waals surface area contributed by atoms with Crippen LogP contribution in [-0.2, 0) is 25.7 Å². The second-order valence-corrected chi connectivity index (χ2v) is 5.56. The second-order valence-electron chi connectivity index (χ2n) is 5.56. The molecule has 0 radical (unpaired) electrons. The Morgan fingerprint density at radius 2 is 1.96 bits per heavy atom. The van der Waals surface area contributed by atoms with Crippen molar-refractivity contribution in [1.29, 1.82) is 0 Å². The molecule has 124 valence electrons. The minimum Gasteiger partial charge on any atom is -0.468 e. The van der Waals surface area contributed by atoms with E-state index in [-0.39, 0.29) is 31.9 Å². The predicted octanol–water partition coefficient (Wildman–Crippen LogP) is 2.17. The summed E-state index contributed by atoms with van der Waals surface area (Å²) in [5.74, 6) is -0.774. The third kappa shape index (κ3) is 3.52. The number of Topliss-reactive ketones (excluding diaryl/α,β-unsaturated/α-hetero) is 1. The van der Waals surface area contributed by atoms with Gasteiger partial charge in [-0.15, -0.1) is 0 Å². The fraction of sp³-hybridized carbons (Fsp3) is 0.471. The summed E-state index contributed by atoms with van der Waals surface area (Å²) in [5, 5.41) is 0. The summed E-state index contributed by atoms with van der Waals surface area (Å²) in [6.45, 7) is 2.16. The zero-order valence-electron chi connectivity index (χ0n) is 13.4. The normalized spacial score (nSPS) is 21.0. The van der Waals surface area contributed by atoms with Crippen LogP contribution in [0.4, 0.5) is 4.79 Å². The molecule has 0 unspecified atom stereocenters. The maximum atomic E-state index is 12.2. The molecule has 1 aliphatic rings. The largest absolute Gasteiger partial charge is 0.468 e. The molecule has 0 aromatic heterocycles. The van der Waals surface area contributed by atoms with Gasteiger partial charge in [0.05, 0.1) is 7.11 Å². The quantitative estimate of drug-likeness (QED) is 0.628. The van der Waals surface area contributed by atoms with Crippen LogP contribution >= 0.6 is 0 Å². The summed E-state index contributed by atoms with van der Waals surface area (Å²) < 4.78 is 10.1. The smallest absolute Gasteiger partial charge is 0.410 e. The van der Waals surface area contributed by atoms with Crippen molar-refractivity contribution < 1.29 is 23.9 Å². The van der Waals surface area contributed by atoms with Gasteiger partial charge in [-0.2, -0.15) is 0 Å². The number of ketones is 1. The van der Waals surface area contributed by atoms with Crippen molar-refractivity contribution in [3.8, 4) is 0 Å². The molecule has 6 heteroatoms. The first kappa shape index (κ1) is 17.0. The van der Waals surface area contributed by atoms with Crippen LogP contribution in [0, 0.1) is 5.41 Å². The van der Waals surface area contributed by atoms with Crippen molar-refractivity contribution in [2.75, 3.05) is 20.2 Å². The van der Waals surface area contributed by atoms with E-state index >= 15 is 0 Å². The van der Waals surface area contributed by atoms with E-state index in [4.69, 9.17) is 9.47 Å². The van der Waals surface area contributed by atoms with Crippen LogP contribution in [0.1, 0.15) is 25.3 Å². The first-order valence-electron chi connectivity index (χ1n) is 7.61. The number of piperidine rings is 1. The van der Waals surface area contributed by atoms with Crippen molar-refractivity contribution in [2.45, 2.75) is 26.4 Å². The number of esters is 1. The minimum atomic E-state index is -1.28. The second kappa shape index (κ2) is 7.26. The standard InChI is InChI=1S/C17H21NO5/c1-3-17(15(20)22-2)12-18(10-9-14(17)19)16(21)23-11-13-7-5-4-6-8-13/h4-8H,3,9-12H2,1-2H3/t17-/m0/s1. The van der Waals surface area contributed by atoms with E-state index in [2.05, 4.69) is 0 Å². The van der Waals surface area contributed by atoms with E-state index in [0.29, 0.717) is 6.42 Å². The fourth-order valence-electron chi connectivity index (χ4n) is 2.76. The van der Waals surface area contributed by atoms with E-state index in [9.17, 15) is 14.4 Å². The van der Waals surface area contributed by atoms with E-state index in [0.717, 1.165) is 5.56 Å². The van der Waals surface area contributed by atoms with Gasteiger partial charge in [0.25, 0.3) is 0 Å². The molecule has 0 N–H and O–H groups in total. The zero-order valence-corrected chi connectivity index (χ0v) is 13.4. The third-order valence-corrected chi connectivity index (χ3v) is 4.25. The molecule has 1 atom stereocenters. The molecular formula is C17H21NO5. The van der Waals surface area contributed by atoms with Crippen molar-refractivity contribution in [3.63, 3.8) is 0 Å². The van der Waals surface area contributed by atoms with Gasteiger partial charge in [0.2, 0.25) is 0 Å². The molecule has 1 aromatic carbocycles. The van der Waals surface area contributed by atoms with Crippen molar-refractivity contribution in [3.05, 3.63) is 35.9 Å². The molecule has 1 fully saturated rings. The van der Waals surface area contributed by atoms with Crippen LogP contribution in [0.2, 0.25) is 0 Å². The lowest BCUT2D eigenvalue weighted by molar-refractivity contribution is -0.161. The minimum absolute atomic E-state index is 0.00261. The molecule has 0 bridgehead atoms. The Balaban J connectivity index is 2.04. The van der Waals surface area contributed by atoms with E-state index < -0.39 is 17.5 Å². The number of hydrogen-bond donors (Lipinski definition) is 0. The fourth-order valence-corrected chi connectivity index (χ4v) is 2.76. The number of nitrogens with zero attached hydrogens (tertiary/aromatic N) is 1. The van der Waals surface area contributed by atoms with Crippen LogP contribution in [0.5, 0.6) is 0 Å². The van der Waals surface area contributed by atoms with Crippen molar-refractivity contribution in [2.24, 2.45) is 5.41 Å². The van der Waals surface area contributed by atoms with Crippen LogP contribution < -0.4 is 0 Å². The van der Waals surface area contributed by atoms with Crippen molar-refractivity contribution >= 4 is 17.8 Å². The van der Waals surface area contributed by atoms with Gasteiger partial charge in [-0.3, -0.25) is 9.59 Å². The molecule has 6 nitrogen and oxygen atoms in total. The number of carbonyl (C=O) groups excluding carboxylic acids is 3. The number of benzene rings is 1. The van der Waals surface area contributed by atoms with Crippen LogP contribution in [0.3, 0.4) is 0 Å². The lowest BCUT2D eigenvalue weighted by Crippen LogP contribution is -2.55.